The van der Waals surface area contributed by atoms with E-state index in [-0.39, 0.29) is 18.7 Å². The van der Waals surface area contributed by atoms with Gasteiger partial charge >= 0.3 is 0 Å². The molecule has 0 bridgehead atoms. The maximum Gasteiger partial charge on any atom is 0.0702 e. The third kappa shape index (κ3) is 2.77. The molecular weight excluding hydrogens is 264 g/mol. The van der Waals surface area contributed by atoms with Crippen molar-refractivity contribution in [2.24, 2.45) is 5.73 Å². The van der Waals surface area contributed by atoms with E-state index < -0.39 is 0 Å². The van der Waals surface area contributed by atoms with Gasteiger partial charge in [0.15, 0.2) is 0 Å². The zero-order valence-electron chi connectivity index (χ0n) is 8.27. The minimum atomic E-state index is -0.240. The largest absolute Gasteiger partial charge is 0.395 e. The second-order valence-electron chi connectivity index (χ2n) is 3.40. The van der Waals surface area contributed by atoms with Gasteiger partial charge in [0.05, 0.1) is 16.4 Å². The smallest absolute Gasteiger partial charge is 0.0702 e. The van der Waals surface area contributed by atoms with Gasteiger partial charge in [0.1, 0.15) is 0 Å². The van der Waals surface area contributed by atoms with E-state index in [1.54, 1.807) is 11.3 Å². The molecule has 3 N–H and O–H groups in total. The van der Waals surface area contributed by atoms with Crippen LogP contribution >= 0.6 is 27.3 Å². The Morgan fingerprint density at radius 2 is 2.21 bits per heavy atom. The first-order valence-corrected chi connectivity index (χ1v) is 5.95. The summed E-state index contributed by atoms with van der Waals surface area (Å²) >= 11 is 5.07. The van der Waals surface area contributed by atoms with Gasteiger partial charge in [-0.05, 0) is 42.2 Å². The highest BCUT2D eigenvalue weighted by Gasteiger charge is 2.22. The van der Waals surface area contributed by atoms with Crippen LogP contribution in [0.15, 0.2) is 15.9 Å². The molecule has 0 aliphatic carbocycles. The minimum Gasteiger partial charge on any atom is -0.395 e. The van der Waals surface area contributed by atoms with E-state index in [1.807, 2.05) is 31.1 Å². The minimum absolute atomic E-state index is 0.00162. The number of hydrogen-bond donors (Lipinski definition) is 2. The van der Waals surface area contributed by atoms with Crippen molar-refractivity contribution < 1.29 is 5.11 Å². The van der Waals surface area contributed by atoms with Crippen LogP contribution in [0.3, 0.4) is 0 Å². The van der Waals surface area contributed by atoms with E-state index in [0.717, 1.165) is 3.79 Å². The van der Waals surface area contributed by atoms with Gasteiger partial charge in [0.2, 0.25) is 0 Å². The van der Waals surface area contributed by atoms with E-state index in [4.69, 9.17) is 10.8 Å². The van der Waals surface area contributed by atoms with Crippen molar-refractivity contribution in [3.05, 3.63) is 20.8 Å². The summed E-state index contributed by atoms with van der Waals surface area (Å²) in [5, 5.41) is 9.06. The molecule has 0 radical (unpaired) electrons. The summed E-state index contributed by atoms with van der Waals surface area (Å²) in [5.41, 5.74) is 5.86. The maximum absolute atomic E-state index is 9.06. The molecule has 2 atom stereocenters. The molecule has 1 aromatic heterocycles. The summed E-state index contributed by atoms with van der Waals surface area (Å²) in [6, 6.07) is 3.88. The lowest BCUT2D eigenvalue weighted by Crippen LogP contribution is -2.39. The van der Waals surface area contributed by atoms with E-state index in [2.05, 4.69) is 15.9 Å². The number of hydrogen-bond acceptors (Lipinski definition) is 4. The second-order valence-corrected chi connectivity index (χ2v) is 5.89. The van der Waals surface area contributed by atoms with Gasteiger partial charge in [-0.3, -0.25) is 0 Å². The van der Waals surface area contributed by atoms with Gasteiger partial charge in [-0.15, -0.1) is 11.3 Å². The van der Waals surface area contributed by atoms with Crippen LogP contribution in [-0.2, 0) is 0 Å². The van der Waals surface area contributed by atoms with Crippen molar-refractivity contribution in [3.8, 4) is 0 Å². The van der Waals surface area contributed by atoms with Crippen LogP contribution in [0.2, 0.25) is 0 Å². The van der Waals surface area contributed by atoms with Crippen molar-refractivity contribution in [3.63, 3.8) is 0 Å². The van der Waals surface area contributed by atoms with E-state index in [0.29, 0.717) is 0 Å². The van der Waals surface area contributed by atoms with Crippen LogP contribution in [0.1, 0.15) is 10.9 Å². The fourth-order valence-corrected chi connectivity index (χ4v) is 3.13. The molecule has 80 valence electrons. The Labute approximate surface area is 96.7 Å². The lowest BCUT2D eigenvalue weighted by Gasteiger charge is -2.27. The predicted molar refractivity (Wildman–Crippen MR) is 63.5 cm³/mol. The number of nitrogens with zero attached hydrogens (tertiary/aromatic N) is 1. The van der Waals surface area contributed by atoms with Crippen molar-refractivity contribution in [1.29, 1.82) is 0 Å². The molecule has 2 unspecified atom stereocenters. The van der Waals surface area contributed by atoms with Crippen LogP contribution in [0.5, 0.6) is 0 Å². The fraction of sp³-hybridized carbons (Fsp3) is 0.556. The highest BCUT2D eigenvalue weighted by atomic mass is 79.9. The molecule has 0 aromatic carbocycles. The molecule has 0 saturated carbocycles. The molecule has 0 aliphatic heterocycles. The molecule has 0 saturated heterocycles. The molecule has 0 aliphatic rings. The van der Waals surface area contributed by atoms with Crippen LogP contribution < -0.4 is 5.73 Å². The normalized spacial score (nSPS) is 15.9. The first kappa shape index (κ1) is 12.1. The molecule has 1 heterocycles. The summed E-state index contributed by atoms with van der Waals surface area (Å²) in [7, 11) is 3.93. The number of rotatable bonds is 4. The van der Waals surface area contributed by atoms with Gasteiger partial charge in [-0.25, -0.2) is 0 Å². The van der Waals surface area contributed by atoms with E-state index >= 15 is 0 Å². The molecular formula is C9H15BrN2OS. The second kappa shape index (κ2) is 5.23. The highest BCUT2D eigenvalue weighted by molar-refractivity contribution is 9.11. The molecule has 3 nitrogen and oxygen atoms in total. The molecule has 5 heteroatoms. The van der Waals surface area contributed by atoms with E-state index in [9.17, 15) is 0 Å². The Balaban J connectivity index is 2.88. The Kier molecular flexibility index (Phi) is 4.53. The Morgan fingerprint density at radius 3 is 2.57 bits per heavy atom. The van der Waals surface area contributed by atoms with Gasteiger partial charge in [0.25, 0.3) is 0 Å². The monoisotopic (exact) mass is 278 g/mol. The number of halogens is 1. The van der Waals surface area contributed by atoms with Gasteiger partial charge in [0, 0.05) is 10.9 Å². The van der Waals surface area contributed by atoms with Crippen LogP contribution in [0.4, 0.5) is 0 Å². The Bertz CT molecular complexity index is 290. The van der Waals surface area contributed by atoms with Crippen LogP contribution in [-0.4, -0.2) is 36.8 Å². The summed E-state index contributed by atoms with van der Waals surface area (Å²) in [4.78, 5) is 3.20. The lowest BCUT2D eigenvalue weighted by atomic mass is 10.1. The summed E-state index contributed by atoms with van der Waals surface area (Å²) in [5.74, 6) is 0. The zero-order valence-corrected chi connectivity index (χ0v) is 10.7. The Morgan fingerprint density at radius 1 is 1.57 bits per heavy atom. The molecule has 0 spiro atoms. The Hall–Kier alpha value is 0.0600. The average molecular weight is 279 g/mol. The summed E-state index contributed by atoms with van der Waals surface area (Å²) in [6.07, 6.45) is 0. The number of likely N-dealkylation sites (N-methyl/N-ethyl adjacent to an activating group) is 1. The van der Waals surface area contributed by atoms with Crippen molar-refractivity contribution in [2.45, 2.75) is 12.1 Å². The maximum atomic E-state index is 9.06. The standard InChI is InChI=1S/C9H15BrN2OS/c1-12(2)9(6(11)5-13)7-3-4-8(10)14-7/h3-4,6,9,13H,5,11H2,1-2H3. The third-order valence-electron chi connectivity index (χ3n) is 2.06. The fourth-order valence-electron chi connectivity index (χ4n) is 1.44. The average Bonchev–Trinajstić information content (AvgIpc) is 2.51. The molecule has 0 fully saturated rings. The molecule has 0 amide bonds. The van der Waals surface area contributed by atoms with Crippen molar-refractivity contribution in [1.82, 2.24) is 4.90 Å². The number of aliphatic hydroxyl groups excluding tert-OH is 1. The SMILES string of the molecule is CN(C)C(c1ccc(Br)s1)C(N)CO. The third-order valence-corrected chi connectivity index (χ3v) is 3.75. The molecule has 1 rings (SSSR count). The summed E-state index contributed by atoms with van der Waals surface area (Å²) < 4.78 is 1.09. The topological polar surface area (TPSA) is 49.5 Å². The number of thiophene rings is 1. The predicted octanol–water partition coefficient (Wildman–Crippen LogP) is 1.43. The number of aliphatic hydroxyl groups is 1. The quantitative estimate of drug-likeness (QED) is 0.876. The van der Waals surface area contributed by atoms with E-state index in [1.165, 1.54) is 4.88 Å². The highest BCUT2D eigenvalue weighted by Crippen LogP contribution is 2.31. The van der Waals surface area contributed by atoms with Crippen LogP contribution in [0, 0.1) is 0 Å². The number of nitrogens with two attached hydrogens (primary N) is 1. The lowest BCUT2D eigenvalue weighted by molar-refractivity contribution is 0.183. The molecule has 1 aromatic rings. The van der Waals surface area contributed by atoms with Gasteiger partial charge < -0.3 is 15.7 Å². The first-order chi connectivity index (χ1) is 6.56. The first-order valence-electron chi connectivity index (χ1n) is 4.34. The van der Waals surface area contributed by atoms with Crippen LogP contribution in [0.25, 0.3) is 0 Å². The zero-order chi connectivity index (χ0) is 10.7. The van der Waals surface area contributed by atoms with Gasteiger partial charge in [-0.1, -0.05) is 0 Å². The van der Waals surface area contributed by atoms with Crippen molar-refractivity contribution in [2.75, 3.05) is 20.7 Å². The van der Waals surface area contributed by atoms with Gasteiger partial charge in [-0.2, -0.15) is 0 Å². The molecule has 14 heavy (non-hydrogen) atoms. The summed E-state index contributed by atoms with van der Waals surface area (Å²) in [6.45, 7) is -0.00162. The van der Waals surface area contributed by atoms with Crippen molar-refractivity contribution >= 4 is 27.3 Å².